The van der Waals surface area contributed by atoms with Crippen molar-refractivity contribution in [1.82, 2.24) is 4.90 Å². The van der Waals surface area contributed by atoms with Crippen LogP contribution in [0.25, 0.3) is 0 Å². The van der Waals surface area contributed by atoms with Gasteiger partial charge < -0.3 is 10.0 Å². The van der Waals surface area contributed by atoms with Crippen LogP contribution in [-0.2, 0) is 4.79 Å². The number of carbonyl (C=O) groups excluding carboxylic acids is 1. The number of nitrogens with zero attached hydrogens (tertiary/aromatic N) is 1. The largest absolute Gasteiger partial charge is 0.391 e. The van der Waals surface area contributed by atoms with Crippen molar-refractivity contribution in [3.8, 4) is 0 Å². The van der Waals surface area contributed by atoms with Crippen LogP contribution >= 0.6 is 0 Å². The van der Waals surface area contributed by atoms with Crippen LogP contribution in [0.2, 0.25) is 0 Å². The summed E-state index contributed by atoms with van der Waals surface area (Å²) >= 11 is 0. The van der Waals surface area contributed by atoms with Crippen LogP contribution < -0.4 is 0 Å². The monoisotopic (exact) mass is 211 g/mol. The second-order valence-electron chi connectivity index (χ2n) is 5.87. The van der Waals surface area contributed by atoms with E-state index in [1.165, 1.54) is 0 Å². The van der Waals surface area contributed by atoms with Crippen molar-refractivity contribution in [2.24, 2.45) is 17.3 Å². The number of aliphatic hydroxyl groups excluding tert-OH is 1. The van der Waals surface area contributed by atoms with E-state index in [1.807, 2.05) is 7.05 Å². The molecule has 2 saturated carbocycles. The maximum absolute atomic E-state index is 11.9. The fourth-order valence-corrected chi connectivity index (χ4v) is 2.16. The van der Waals surface area contributed by atoms with E-state index in [4.69, 9.17) is 0 Å². The Hall–Kier alpha value is -0.570. The zero-order chi connectivity index (χ0) is 11.2. The van der Waals surface area contributed by atoms with Crippen LogP contribution in [0.5, 0.6) is 0 Å². The zero-order valence-electron chi connectivity index (χ0n) is 9.86. The fourth-order valence-electron chi connectivity index (χ4n) is 2.16. The molecule has 1 amide bonds. The second kappa shape index (κ2) is 3.48. The van der Waals surface area contributed by atoms with Gasteiger partial charge in [-0.05, 0) is 30.6 Å². The summed E-state index contributed by atoms with van der Waals surface area (Å²) < 4.78 is 0. The van der Waals surface area contributed by atoms with E-state index >= 15 is 0 Å². The van der Waals surface area contributed by atoms with Gasteiger partial charge in [-0.15, -0.1) is 0 Å². The molecule has 0 saturated heterocycles. The first-order valence-corrected chi connectivity index (χ1v) is 5.85. The summed E-state index contributed by atoms with van der Waals surface area (Å²) in [5.74, 6) is 0.848. The number of amides is 1. The Morgan fingerprint density at radius 3 is 2.47 bits per heavy atom. The van der Waals surface area contributed by atoms with E-state index in [0.29, 0.717) is 12.5 Å². The standard InChI is InChI=1S/C12H21NO2/c1-12(2)6-9(12)11(15)13(3)7-10(14)8-4-5-8/h8-10,14H,4-7H2,1-3H3. The molecule has 2 unspecified atom stereocenters. The molecule has 1 N–H and O–H groups in total. The van der Waals surface area contributed by atoms with Gasteiger partial charge in [-0.25, -0.2) is 0 Å². The van der Waals surface area contributed by atoms with Crippen molar-refractivity contribution in [3.05, 3.63) is 0 Å². The number of hydrogen-bond acceptors (Lipinski definition) is 2. The molecule has 2 rings (SSSR count). The maximum atomic E-state index is 11.9. The second-order valence-corrected chi connectivity index (χ2v) is 5.87. The molecule has 86 valence electrons. The van der Waals surface area contributed by atoms with Crippen molar-refractivity contribution < 1.29 is 9.90 Å². The minimum absolute atomic E-state index is 0.189. The Kier molecular flexibility index (Phi) is 2.53. The lowest BCUT2D eigenvalue weighted by Gasteiger charge is -2.21. The van der Waals surface area contributed by atoms with Gasteiger partial charge >= 0.3 is 0 Å². The Bertz CT molecular complexity index is 271. The molecule has 3 nitrogen and oxygen atoms in total. The number of carbonyl (C=O) groups is 1. The maximum Gasteiger partial charge on any atom is 0.226 e. The van der Waals surface area contributed by atoms with Crippen LogP contribution in [-0.4, -0.2) is 35.6 Å². The van der Waals surface area contributed by atoms with Gasteiger partial charge in [0.2, 0.25) is 5.91 Å². The first-order chi connectivity index (χ1) is 6.92. The summed E-state index contributed by atoms with van der Waals surface area (Å²) in [6.07, 6.45) is 2.94. The summed E-state index contributed by atoms with van der Waals surface area (Å²) in [4.78, 5) is 13.6. The molecule has 2 fully saturated rings. The molecule has 15 heavy (non-hydrogen) atoms. The third kappa shape index (κ3) is 2.33. The van der Waals surface area contributed by atoms with Crippen molar-refractivity contribution in [3.63, 3.8) is 0 Å². The molecule has 0 bridgehead atoms. The molecular formula is C12H21NO2. The van der Waals surface area contributed by atoms with Crippen molar-refractivity contribution in [1.29, 1.82) is 0 Å². The number of likely N-dealkylation sites (N-methyl/N-ethyl adjacent to an activating group) is 1. The molecule has 0 aromatic carbocycles. The minimum atomic E-state index is -0.305. The Morgan fingerprint density at radius 2 is 2.07 bits per heavy atom. The predicted molar refractivity (Wildman–Crippen MR) is 58.3 cm³/mol. The van der Waals surface area contributed by atoms with Crippen LogP contribution in [0, 0.1) is 17.3 Å². The third-order valence-electron chi connectivity index (χ3n) is 3.81. The fraction of sp³-hybridized carbons (Fsp3) is 0.917. The lowest BCUT2D eigenvalue weighted by Crippen LogP contribution is -2.36. The number of hydrogen-bond donors (Lipinski definition) is 1. The zero-order valence-corrected chi connectivity index (χ0v) is 9.86. The molecule has 2 aliphatic carbocycles. The lowest BCUT2D eigenvalue weighted by atomic mass is 10.1. The van der Waals surface area contributed by atoms with Gasteiger partial charge in [0.25, 0.3) is 0 Å². The van der Waals surface area contributed by atoms with Gasteiger partial charge in [0.1, 0.15) is 0 Å². The van der Waals surface area contributed by atoms with Crippen molar-refractivity contribution in [2.75, 3.05) is 13.6 Å². The molecule has 0 aliphatic heterocycles. The van der Waals surface area contributed by atoms with Crippen LogP contribution in [0.15, 0.2) is 0 Å². The first-order valence-electron chi connectivity index (χ1n) is 5.85. The van der Waals surface area contributed by atoms with E-state index in [1.54, 1.807) is 4.90 Å². The minimum Gasteiger partial charge on any atom is -0.391 e. The topological polar surface area (TPSA) is 40.5 Å². The Balaban J connectivity index is 1.80. The van der Waals surface area contributed by atoms with E-state index in [2.05, 4.69) is 13.8 Å². The summed E-state index contributed by atoms with van der Waals surface area (Å²) in [5.41, 5.74) is 0.190. The van der Waals surface area contributed by atoms with Gasteiger partial charge in [-0.2, -0.15) is 0 Å². The van der Waals surface area contributed by atoms with E-state index < -0.39 is 0 Å². The Morgan fingerprint density at radius 1 is 1.53 bits per heavy atom. The molecule has 0 aromatic rings. The van der Waals surface area contributed by atoms with Gasteiger partial charge in [0.05, 0.1) is 6.10 Å². The highest BCUT2D eigenvalue weighted by Gasteiger charge is 2.51. The van der Waals surface area contributed by atoms with Crippen molar-refractivity contribution >= 4 is 5.91 Å². The molecule has 2 atom stereocenters. The predicted octanol–water partition coefficient (Wildman–Crippen LogP) is 1.26. The number of aliphatic hydroxyl groups is 1. The highest BCUT2D eigenvalue weighted by molar-refractivity contribution is 5.82. The highest BCUT2D eigenvalue weighted by Crippen LogP contribution is 2.52. The van der Waals surface area contributed by atoms with Gasteiger partial charge in [0, 0.05) is 19.5 Å². The average Bonchev–Trinajstić information content (AvgIpc) is 2.99. The smallest absolute Gasteiger partial charge is 0.226 e. The normalized spacial score (nSPS) is 29.7. The van der Waals surface area contributed by atoms with E-state index in [9.17, 15) is 9.90 Å². The van der Waals surface area contributed by atoms with Crippen molar-refractivity contribution in [2.45, 2.75) is 39.2 Å². The Labute approximate surface area is 91.5 Å². The number of rotatable bonds is 4. The molecule has 0 radical (unpaired) electrons. The lowest BCUT2D eigenvalue weighted by molar-refractivity contribution is -0.133. The van der Waals surface area contributed by atoms with Crippen LogP contribution in [0.1, 0.15) is 33.1 Å². The molecule has 2 aliphatic rings. The first kappa shape index (κ1) is 10.9. The molecular weight excluding hydrogens is 190 g/mol. The molecule has 0 aromatic heterocycles. The van der Waals surface area contributed by atoms with E-state index in [-0.39, 0.29) is 23.3 Å². The summed E-state index contributed by atoms with van der Waals surface area (Å²) in [7, 11) is 1.81. The molecule has 0 heterocycles. The van der Waals surface area contributed by atoms with E-state index in [0.717, 1.165) is 19.3 Å². The summed E-state index contributed by atoms with van der Waals surface area (Å²) in [5, 5.41) is 9.75. The van der Waals surface area contributed by atoms with Gasteiger partial charge in [-0.1, -0.05) is 13.8 Å². The highest BCUT2D eigenvalue weighted by atomic mass is 16.3. The average molecular weight is 211 g/mol. The molecule has 3 heteroatoms. The van der Waals surface area contributed by atoms with Crippen LogP contribution in [0.4, 0.5) is 0 Å². The van der Waals surface area contributed by atoms with Gasteiger partial charge in [-0.3, -0.25) is 4.79 Å². The molecule has 0 spiro atoms. The summed E-state index contributed by atoms with van der Waals surface area (Å²) in [6.45, 7) is 4.76. The van der Waals surface area contributed by atoms with Gasteiger partial charge in [0.15, 0.2) is 0 Å². The van der Waals surface area contributed by atoms with Crippen LogP contribution in [0.3, 0.4) is 0 Å². The quantitative estimate of drug-likeness (QED) is 0.760. The summed E-state index contributed by atoms with van der Waals surface area (Å²) in [6, 6.07) is 0. The third-order valence-corrected chi connectivity index (χ3v) is 3.81. The SMILES string of the molecule is CN(CC(O)C1CC1)C(=O)C1CC1(C)C.